The second kappa shape index (κ2) is 8.64. The Morgan fingerprint density at radius 1 is 1.03 bits per heavy atom. The van der Waals surface area contributed by atoms with Crippen LogP contribution in [0.1, 0.15) is 26.3 Å². The SMILES string of the molecule is CN(Cc1ccc(C(=O)NCC(F)(F)F)cc1)C(=O)c1cccc(S(C)(=O)=O)c1. The number of benzene rings is 2. The van der Waals surface area contributed by atoms with Crippen LogP contribution in [0.15, 0.2) is 53.4 Å². The topological polar surface area (TPSA) is 83.6 Å². The molecule has 0 heterocycles. The minimum Gasteiger partial charge on any atom is -0.343 e. The van der Waals surface area contributed by atoms with Crippen LogP contribution in [0.3, 0.4) is 0 Å². The van der Waals surface area contributed by atoms with Crippen molar-refractivity contribution < 1.29 is 31.2 Å². The number of hydrogen-bond acceptors (Lipinski definition) is 4. The largest absolute Gasteiger partial charge is 0.405 e. The molecule has 0 aliphatic heterocycles. The molecule has 10 heteroatoms. The molecule has 0 radical (unpaired) electrons. The molecule has 2 rings (SSSR count). The lowest BCUT2D eigenvalue weighted by atomic mass is 10.1. The highest BCUT2D eigenvalue weighted by atomic mass is 32.2. The van der Waals surface area contributed by atoms with Crippen molar-refractivity contribution in [3.63, 3.8) is 0 Å². The van der Waals surface area contributed by atoms with Gasteiger partial charge in [0.25, 0.3) is 11.8 Å². The van der Waals surface area contributed by atoms with Gasteiger partial charge < -0.3 is 10.2 Å². The van der Waals surface area contributed by atoms with Crippen LogP contribution < -0.4 is 5.32 Å². The molecule has 0 atom stereocenters. The van der Waals surface area contributed by atoms with Gasteiger partial charge in [0.05, 0.1) is 4.90 Å². The number of nitrogens with one attached hydrogen (secondary N) is 1. The Balaban J connectivity index is 2.04. The van der Waals surface area contributed by atoms with E-state index in [4.69, 9.17) is 0 Å². The Morgan fingerprint density at radius 3 is 2.21 bits per heavy atom. The summed E-state index contributed by atoms with van der Waals surface area (Å²) in [5.74, 6) is -1.25. The lowest BCUT2D eigenvalue weighted by molar-refractivity contribution is -0.123. The fourth-order valence-corrected chi connectivity index (χ4v) is 3.14. The minimum atomic E-state index is -4.49. The summed E-state index contributed by atoms with van der Waals surface area (Å²) < 4.78 is 59.8. The van der Waals surface area contributed by atoms with E-state index in [9.17, 15) is 31.2 Å². The van der Waals surface area contributed by atoms with Crippen molar-refractivity contribution in [3.05, 3.63) is 65.2 Å². The van der Waals surface area contributed by atoms with Gasteiger partial charge in [-0.25, -0.2) is 8.42 Å². The third kappa shape index (κ3) is 6.60. The number of nitrogens with zero attached hydrogens (tertiary/aromatic N) is 1. The monoisotopic (exact) mass is 428 g/mol. The van der Waals surface area contributed by atoms with Crippen LogP contribution in [0.4, 0.5) is 13.2 Å². The summed E-state index contributed by atoms with van der Waals surface area (Å²) in [6.07, 6.45) is -3.44. The van der Waals surface area contributed by atoms with Gasteiger partial charge in [-0.3, -0.25) is 9.59 Å². The summed E-state index contributed by atoms with van der Waals surface area (Å²) in [6, 6.07) is 11.5. The molecule has 2 aromatic carbocycles. The van der Waals surface area contributed by atoms with Crippen LogP contribution in [-0.2, 0) is 16.4 Å². The third-order valence-corrected chi connectivity index (χ3v) is 5.05. The van der Waals surface area contributed by atoms with Crippen molar-refractivity contribution in [2.75, 3.05) is 19.8 Å². The van der Waals surface area contributed by atoms with Crippen LogP contribution >= 0.6 is 0 Å². The number of carbonyl (C=O) groups is 2. The second-order valence-corrected chi connectivity index (χ2v) is 8.47. The number of halogens is 3. The lowest BCUT2D eigenvalue weighted by Gasteiger charge is -2.18. The average molecular weight is 428 g/mol. The van der Waals surface area contributed by atoms with Crippen molar-refractivity contribution >= 4 is 21.7 Å². The van der Waals surface area contributed by atoms with E-state index in [-0.39, 0.29) is 22.6 Å². The maximum atomic E-state index is 12.5. The Morgan fingerprint density at radius 2 is 1.66 bits per heavy atom. The molecule has 2 aromatic rings. The maximum Gasteiger partial charge on any atom is 0.405 e. The molecule has 0 saturated carbocycles. The number of amides is 2. The van der Waals surface area contributed by atoms with Crippen molar-refractivity contribution in [2.24, 2.45) is 0 Å². The van der Waals surface area contributed by atoms with E-state index in [1.165, 1.54) is 60.5 Å². The summed E-state index contributed by atoms with van der Waals surface area (Å²) in [7, 11) is -1.92. The summed E-state index contributed by atoms with van der Waals surface area (Å²) in [5, 5.41) is 1.78. The molecule has 0 fully saturated rings. The smallest absolute Gasteiger partial charge is 0.343 e. The van der Waals surface area contributed by atoms with Crippen LogP contribution in [0.5, 0.6) is 0 Å². The molecule has 6 nitrogen and oxygen atoms in total. The highest BCUT2D eigenvalue weighted by Gasteiger charge is 2.27. The van der Waals surface area contributed by atoms with Crippen molar-refractivity contribution in [2.45, 2.75) is 17.6 Å². The minimum absolute atomic E-state index is 0.0333. The van der Waals surface area contributed by atoms with Gasteiger partial charge in [0, 0.05) is 31.0 Å². The standard InChI is InChI=1S/C19H19F3N2O4S/c1-24(18(26)15-4-3-5-16(10-15)29(2,27)28)11-13-6-8-14(9-7-13)17(25)23-12-19(20,21)22/h3-10H,11-12H2,1-2H3,(H,23,25). The molecule has 0 bridgehead atoms. The van der Waals surface area contributed by atoms with Gasteiger partial charge in [-0.1, -0.05) is 18.2 Å². The second-order valence-electron chi connectivity index (χ2n) is 6.46. The molecule has 0 unspecified atom stereocenters. The Hall–Kier alpha value is -2.88. The molecule has 0 aliphatic rings. The maximum absolute atomic E-state index is 12.5. The molecule has 0 spiro atoms. The third-order valence-electron chi connectivity index (χ3n) is 3.94. The van der Waals surface area contributed by atoms with Crippen molar-refractivity contribution in [1.82, 2.24) is 10.2 Å². The number of carbonyl (C=O) groups excluding carboxylic acids is 2. The first kappa shape index (κ1) is 22.4. The highest BCUT2D eigenvalue weighted by molar-refractivity contribution is 7.90. The Labute approximate surface area is 166 Å². The van der Waals surface area contributed by atoms with Gasteiger partial charge in [-0.2, -0.15) is 13.2 Å². The molecular weight excluding hydrogens is 409 g/mol. The molecule has 0 saturated heterocycles. The van der Waals surface area contributed by atoms with Gasteiger partial charge in [0.2, 0.25) is 0 Å². The zero-order chi connectivity index (χ0) is 21.8. The molecule has 1 N–H and O–H groups in total. The zero-order valence-electron chi connectivity index (χ0n) is 15.7. The van der Waals surface area contributed by atoms with E-state index >= 15 is 0 Å². The molecule has 2 amide bonds. The summed E-state index contributed by atoms with van der Waals surface area (Å²) in [5.41, 5.74) is 0.916. The van der Waals surface area contributed by atoms with E-state index in [0.717, 1.165) is 6.26 Å². The normalized spacial score (nSPS) is 11.8. The first-order valence-electron chi connectivity index (χ1n) is 8.36. The fourth-order valence-electron chi connectivity index (χ4n) is 2.47. The van der Waals surface area contributed by atoms with Crippen LogP contribution in [-0.4, -0.2) is 51.2 Å². The van der Waals surface area contributed by atoms with Crippen molar-refractivity contribution in [3.8, 4) is 0 Å². The van der Waals surface area contributed by atoms with E-state index < -0.39 is 34.4 Å². The van der Waals surface area contributed by atoms with Crippen molar-refractivity contribution in [1.29, 1.82) is 0 Å². The van der Waals surface area contributed by atoms with Crippen LogP contribution in [0, 0.1) is 0 Å². The Bertz CT molecular complexity index is 1000. The first-order valence-corrected chi connectivity index (χ1v) is 10.3. The Kier molecular flexibility index (Phi) is 6.68. The van der Waals surface area contributed by atoms with E-state index in [1.807, 2.05) is 0 Å². The van der Waals surface area contributed by atoms with Gasteiger partial charge in [0.15, 0.2) is 9.84 Å². The predicted octanol–water partition coefficient (Wildman–Crippen LogP) is 2.65. The fraction of sp³-hybridized carbons (Fsp3) is 0.263. The predicted molar refractivity (Wildman–Crippen MR) is 100 cm³/mol. The summed E-state index contributed by atoms with van der Waals surface area (Å²) >= 11 is 0. The summed E-state index contributed by atoms with van der Waals surface area (Å²) in [4.78, 5) is 25.6. The van der Waals surface area contributed by atoms with Crippen LogP contribution in [0.2, 0.25) is 0 Å². The number of sulfone groups is 1. The number of alkyl halides is 3. The molecule has 29 heavy (non-hydrogen) atoms. The summed E-state index contributed by atoms with van der Waals surface area (Å²) in [6.45, 7) is -1.26. The van der Waals surface area contributed by atoms with Gasteiger partial charge in [-0.05, 0) is 35.9 Å². The van der Waals surface area contributed by atoms with Gasteiger partial charge in [0.1, 0.15) is 6.54 Å². The van der Waals surface area contributed by atoms with Gasteiger partial charge >= 0.3 is 6.18 Å². The first-order chi connectivity index (χ1) is 13.4. The quantitative estimate of drug-likeness (QED) is 0.767. The highest BCUT2D eigenvalue weighted by Crippen LogP contribution is 2.15. The molecule has 0 aromatic heterocycles. The zero-order valence-corrected chi connectivity index (χ0v) is 16.5. The molecule has 0 aliphatic carbocycles. The molecule has 156 valence electrons. The number of hydrogen-bond donors (Lipinski definition) is 1. The van der Waals surface area contributed by atoms with Gasteiger partial charge in [-0.15, -0.1) is 0 Å². The van der Waals surface area contributed by atoms with E-state index in [2.05, 4.69) is 0 Å². The van der Waals surface area contributed by atoms with E-state index in [1.54, 1.807) is 5.32 Å². The molecular formula is C19H19F3N2O4S. The lowest BCUT2D eigenvalue weighted by Crippen LogP contribution is -2.33. The number of rotatable bonds is 6. The van der Waals surface area contributed by atoms with E-state index in [0.29, 0.717) is 5.56 Å². The van der Waals surface area contributed by atoms with Crippen LogP contribution in [0.25, 0.3) is 0 Å². The average Bonchev–Trinajstić information content (AvgIpc) is 2.65.